The van der Waals surface area contributed by atoms with E-state index in [9.17, 15) is 9.59 Å². The number of carbonyl (C=O) groups excluding carboxylic acids is 2. The lowest BCUT2D eigenvalue weighted by atomic mass is 9.89. The van der Waals surface area contributed by atoms with E-state index in [1.165, 1.54) is 0 Å². The molecule has 0 fully saturated rings. The summed E-state index contributed by atoms with van der Waals surface area (Å²) in [6.45, 7) is 8.21. The third kappa shape index (κ3) is 4.78. The molecule has 2 aromatic carbocycles. The maximum atomic E-state index is 13.5. The lowest BCUT2D eigenvalue weighted by molar-refractivity contribution is -0.135. The number of hydrogen-bond acceptors (Lipinski definition) is 3. The summed E-state index contributed by atoms with van der Waals surface area (Å²) < 4.78 is 0. The highest BCUT2D eigenvalue weighted by molar-refractivity contribution is 6.01. The standard InChI is InChI=1S/C23H29N3O2/c1-3-25(4-2)14-15-26(17-18-10-6-5-7-11-18)23(28)20-16-22(27)24-21-13-9-8-12-19(20)21/h5-13,20H,3-4,14-17H2,1-2H3,(H,24,27). The van der Waals surface area contributed by atoms with E-state index in [2.05, 4.69) is 24.1 Å². The number of benzene rings is 2. The summed E-state index contributed by atoms with van der Waals surface area (Å²) in [7, 11) is 0. The molecule has 148 valence electrons. The molecule has 1 N–H and O–H groups in total. The van der Waals surface area contributed by atoms with Crippen molar-refractivity contribution in [3.63, 3.8) is 0 Å². The molecule has 2 amide bonds. The van der Waals surface area contributed by atoms with Gasteiger partial charge in [0.2, 0.25) is 11.8 Å². The number of hydrogen-bond donors (Lipinski definition) is 1. The molecular weight excluding hydrogens is 350 g/mol. The summed E-state index contributed by atoms with van der Waals surface area (Å²) >= 11 is 0. The number of fused-ring (bicyclic) bond motifs is 1. The number of likely N-dealkylation sites (N-methyl/N-ethyl adjacent to an activating group) is 1. The Bertz CT molecular complexity index is 803. The molecule has 0 radical (unpaired) electrons. The minimum atomic E-state index is -0.426. The average molecular weight is 380 g/mol. The first-order valence-electron chi connectivity index (χ1n) is 10.1. The predicted octanol–water partition coefficient (Wildman–Crippen LogP) is 3.48. The molecule has 1 heterocycles. The Hall–Kier alpha value is -2.66. The van der Waals surface area contributed by atoms with E-state index in [-0.39, 0.29) is 18.2 Å². The van der Waals surface area contributed by atoms with Gasteiger partial charge in [0.1, 0.15) is 0 Å². The number of nitrogens with zero attached hydrogens (tertiary/aromatic N) is 2. The Kier molecular flexibility index (Phi) is 6.82. The number of amides is 2. The Morgan fingerprint density at radius 3 is 2.39 bits per heavy atom. The molecule has 1 aliphatic heterocycles. The van der Waals surface area contributed by atoms with Crippen molar-refractivity contribution < 1.29 is 9.59 Å². The van der Waals surface area contributed by atoms with Crippen LogP contribution in [-0.4, -0.2) is 47.8 Å². The van der Waals surface area contributed by atoms with Gasteiger partial charge in [0.05, 0.1) is 5.92 Å². The zero-order valence-electron chi connectivity index (χ0n) is 16.7. The predicted molar refractivity (Wildman–Crippen MR) is 112 cm³/mol. The number of nitrogens with one attached hydrogen (secondary N) is 1. The maximum Gasteiger partial charge on any atom is 0.231 e. The van der Waals surface area contributed by atoms with Crippen LogP contribution in [0.3, 0.4) is 0 Å². The molecule has 0 spiro atoms. The average Bonchev–Trinajstić information content (AvgIpc) is 2.73. The highest BCUT2D eigenvalue weighted by Crippen LogP contribution is 2.33. The van der Waals surface area contributed by atoms with Crippen LogP contribution < -0.4 is 5.32 Å². The third-order valence-electron chi connectivity index (χ3n) is 5.41. The minimum Gasteiger partial charge on any atom is -0.337 e. The van der Waals surface area contributed by atoms with Crippen molar-refractivity contribution in [1.29, 1.82) is 0 Å². The fraction of sp³-hybridized carbons (Fsp3) is 0.391. The smallest absolute Gasteiger partial charge is 0.231 e. The molecule has 5 heteroatoms. The number of carbonyl (C=O) groups is 2. The highest BCUT2D eigenvalue weighted by atomic mass is 16.2. The SMILES string of the molecule is CCN(CC)CCN(Cc1ccccc1)C(=O)C1CC(=O)Nc2ccccc21. The van der Waals surface area contributed by atoms with E-state index < -0.39 is 5.92 Å². The van der Waals surface area contributed by atoms with Crippen LogP contribution >= 0.6 is 0 Å². The largest absolute Gasteiger partial charge is 0.337 e. The molecule has 2 aromatic rings. The quantitative estimate of drug-likeness (QED) is 0.764. The normalized spacial score (nSPS) is 15.8. The zero-order valence-corrected chi connectivity index (χ0v) is 16.7. The Morgan fingerprint density at radius 2 is 1.68 bits per heavy atom. The van der Waals surface area contributed by atoms with Crippen molar-refractivity contribution in [3.8, 4) is 0 Å². The fourth-order valence-electron chi connectivity index (χ4n) is 3.72. The van der Waals surface area contributed by atoms with Crippen LogP contribution in [0.5, 0.6) is 0 Å². The van der Waals surface area contributed by atoms with Crippen molar-refractivity contribution in [2.45, 2.75) is 32.7 Å². The van der Waals surface area contributed by atoms with Crippen molar-refractivity contribution in [2.75, 3.05) is 31.5 Å². The summed E-state index contributed by atoms with van der Waals surface area (Å²) in [6.07, 6.45) is 0.201. The molecule has 5 nitrogen and oxygen atoms in total. The summed E-state index contributed by atoms with van der Waals surface area (Å²) in [5.41, 5.74) is 2.76. The molecule has 28 heavy (non-hydrogen) atoms. The van der Waals surface area contributed by atoms with Crippen LogP contribution in [0.2, 0.25) is 0 Å². The van der Waals surface area contributed by atoms with Gasteiger partial charge >= 0.3 is 0 Å². The molecule has 0 saturated carbocycles. The van der Waals surface area contributed by atoms with Crippen LogP contribution in [0.4, 0.5) is 5.69 Å². The van der Waals surface area contributed by atoms with Gasteiger partial charge in [0.15, 0.2) is 0 Å². The van der Waals surface area contributed by atoms with Gasteiger partial charge in [-0.05, 0) is 30.3 Å². The van der Waals surface area contributed by atoms with Gasteiger partial charge in [0.25, 0.3) is 0 Å². The summed E-state index contributed by atoms with van der Waals surface area (Å²) in [5.74, 6) is -0.496. The second-order valence-corrected chi connectivity index (χ2v) is 7.16. The van der Waals surface area contributed by atoms with Crippen LogP contribution in [0.25, 0.3) is 0 Å². The van der Waals surface area contributed by atoms with Gasteiger partial charge in [-0.15, -0.1) is 0 Å². The molecule has 0 aromatic heterocycles. The first kappa shape index (κ1) is 20.1. The van der Waals surface area contributed by atoms with Gasteiger partial charge in [-0.2, -0.15) is 0 Å². The Balaban J connectivity index is 1.84. The fourth-order valence-corrected chi connectivity index (χ4v) is 3.72. The van der Waals surface area contributed by atoms with Crippen molar-refractivity contribution >= 4 is 17.5 Å². The van der Waals surface area contributed by atoms with Crippen LogP contribution in [-0.2, 0) is 16.1 Å². The van der Waals surface area contributed by atoms with Crippen LogP contribution in [0.15, 0.2) is 54.6 Å². The second-order valence-electron chi connectivity index (χ2n) is 7.16. The molecule has 0 bridgehead atoms. The molecule has 3 rings (SSSR count). The number of rotatable bonds is 8. The maximum absolute atomic E-state index is 13.5. The van der Waals surface area contributed by atoms with E-state index in [1.54, 1.807) is 0 Å². The van der Waals surface area contributed by atoms with E-state index >= 15 is 0 Å². The van der Waals surface area contributed by atoms with Crippen LogP contribution in [0, 0.1) is 0 Å². The monoisotopic (exact) mass is 379 g/mol. The van der Waals surface area contributed by atoms with Crippen LogP contribution in [0.1, 0.15) is 37.3 Å². The second kappa shape index (κ2) is 9.51. The minimum absolute atomic E-state index is 0.0262. The Labute approximate surface area is 167 Å². The first-order valence-corrected chi connectivity index (χ1v) is 10.1. The lowest BCUT2D eigenvalue weighted by Crippen LogP contribution is -2.42. The summed E-state index contributed by atoms with van der Waals surface area (Å²) in [4.78, 5) is 29.9. The molecule has 1 unspecified atom stereocenters. The van der Waals surface area contributed by atoms with E-state index in [4.69, 9.17) is 0 Å². The number of para-hydroxylation sites is 1. The number of anilines is 1. The van der Waals surface area contributed by atoms with Gasteiger partial charge in [0, 0.05) is 31.7 Å². The zero-order chi connectivity index (χ0) is 19.9. The van der Waals surface area contributed by atoms with Gasteiger partial charge in [-0.25, -0.2) is 0 Å². The van der Waals surface area contributed by atoms with Gasteiger partial charge < -0.3 is 15.1 Å². The Morgan fingerprint density at radius 1 is 1.00 bits per heavy atom. The first-order chi connectivity index (χ1) is 13.6. The molecular formula is C23H29N3O2. The molecule has 0 saturated heterocycles. The lowest BCUT2D eigenvalue weighted by Gasteiger charge is -2.32. The highest BCUT2D eigenvalue weighted by Gasteiger charge is 2.33. The van der Waals surface area contributed by atoms with E-state index in [0.29, 0.717) is 13.1 Å². The van der Waals surface area contributed by atoms with Crippen molar-refractivity contribution in [3.05, 3.63) is 65.7 Å². The topological polar surface area (TPSA) is 52.7 Å². The third-order valence-corrected chi connectivity index (χ3v) is 5.41. The molecule has 1 aliphatic rings. The van der Waals surface area contributed by atoms with Crippen molar-refractivity contribution in [2.24, 2.45) is 0 Å². The van der Waals surface area contributed by atoms with Gasteiger partial charge in [-0.3, -0.25) is 9.59 Å². The van der Waals surface area contributed by atoms with Gasteiger partial charge in [-0.1, -0.05) is 62.4 Å². The summed E-state index contributed by atoms with van der Waals surface area (Å²) in [5, 5.41) is 2.88. The molecule has 0 aliphatic carbocycles. The summed E-state index contributed by atoms with van der Waals surface area (Å²) in [6, 6.07) is 17.7. The van der Waals surface area contributed by atoms with Crippen molar-refractivity contribution in [1.82, 2.24) is 9.80 Å². The van der Waals surface area contributed by atoms with E-state index in [0.717, 1.165) is 36.4 Å². The molecule has 1 atom stereocenters. The van der Waals surface area contributed by atoms with E-state index in [1.807, 2.05) is 59.5 Å².